The number of benzene rings is 2. The minimum atomic E-state index is -0.281. The highest BCUT2D eigenvalue weighted by Gasteiger charge is 2.21. The number of hydrogen-bond donors (Lipinski definition) is 0. The standard InChI is InChI=1S/C30H47P/c1-6-9-12-13-14-15-24-31(29-22-16-18-25(4)26(29)5)30-23-17-20-27(19-10-7-2)28(30)21-11-8-3/h16-18,20,22-23H,6-15,19,21,24H2,1-5H3. The molecule has 2 aromatic rings. The summed E-state index contributed by atoms with van der Waals surface area (Å²) in [4.78, 5) is 0. The van der Waals surface area contributed by atoms with E-state index < -0.39 is 0 Å². The van der Waals surface area contributed by atoms with Gasteiger partial charge in [-0.25, -0.2) is 0 Å². The molecule has 0 spiro atoms. The molecule has 0 heterocycles. The topological polar surface area (TPSA) is 0 Å². The molecule has 0 N–H and O–H groups in total. The Hall–Kier alpha value is -1.13. The lowest BCUT2D eigenvalue weighted by molar-refractivity contribution is 0.626. The highest BCUT2D eigenvalue weighted by Crippen LogP contribution is 2.39. The van der Waals surface area contributed by atoms with Crippen LogP contribution < -0.4 is 10.6 Å². The first-order valence-corrected chi connectivity index (χ1v) is 14.6. The molecule has 0 nitrogen and oxygen atoms in total. The summed E-state index contributed by atoms with van der Waals surface area (Å²) in [6, 6.07) is 14.3. The summed E-state index contributed by atoms with van der Waals surface area (Å²) in [6.07, 6.45) is 17.3. The predicted octanol–water partition coefficient (Wildman–Crippen LogP) is 8.78. The third-order valence-corrected chi connectivity index (χ3v) is 9.55. The normalized spacial score (nSPS) is 12.3. The van der Waals surface area contributed by atoms with E-state index in [1.54, 1.807) is 21.7 Å². The Morgan fingerprint density at radius 1 is 0.613 bits per heavy atom. The molecule has 0 aliphatic carbocycles. The fourth-order valence-electron chi connectivity index (χ4n) is 4.57. The van der Waals surface area contributed by atoms with Crippen LogP contribution in [0.15, 0.2) is 36.4 Å². The van der Waals surface area contributed by atoms with Gasteiger partial charge in [0.15, 0.2) is 0 Å². The van der Waals surface area contributed by atoms with Crippen LogP contribution in [0, 0.1) is 13.8 Å². The summed E-state index contributed by atoms with van der Waals surface area (Å²) >= 11 is 0. The van der Waals surface area contributed by atoms with Gasteiger partial charge < -0.3 is 0 Å². The van der Waals surface area contributed by atoms with Gasteiger partial charge in [-0.1, -0.05) is 102 Å². The van der Waals surface area contributed by atoms with E-state index in [1.165, 1.54) is 94.3 Å². The molecular weight excluding hydrogens is 391 g/mol. The molecule has 1 unspecified atom stereocenters. The highest BCUT2D eigenvalue weighted by molar-refractivity contribution is 7.73. The largest absolute Gasteiger partial charge is 0.0654 e. The maximum atomic E-state index is 2.49. The predicted molar refractivity (Wildman–Crippen MR) is 144 cm³/mol. The molecular formula is C30H47P. The molecule has 1 atom stereocenters. The molecule has 0 saturated heterocycles. The first-order chi connectivity index (χ1) is 15.1. The van der Waals surface area contributed by atoms with Gasteiger partial charge in [0.2, 0.25) is 0 Å². The lowest BCUT2D eigenvalue weighted by Gasteiger charge is -2.26. The van der Waals surface area contributed by atoms with E-state index in [-0.39, 0.29) is 7.92 Å². The van der Waals surface area contributed by atoms with E-state index in [0.29, 0.717) is 0 Å². The van der Waals surface area contributed by atoms with Crippen LogP contribution in [0.1, 0.15) is 107 Å². The van der Waals surface area contributed by atoms with Crippen LogP contribution in [-0.2, 0) is 12.8 Å². The van der Waals surface area contributed by atoms with Crippen LogP contribution in [-0.4, -0.2) is 6.16 Å². The van der Waals surface area contributed by atoms with Crippen LogP contribution in [0.25, 0.3) is 0 Å². The average molecular weight is 439 g/mol. The molecule has 0 aliphatic heterocycles. The van der Waals surface area contributed by atoms with Crippen LogP contribution in [0.5, 0.6) is 0 Å². The van der Waals surface area contributed by atoms with Crippen molar-refractivity contribution in [2.24, 2.45) is 0 Å². The smallest absolute Gasteiger partial charge is 0.0160 e. The zero-order valence-corrected chi connectivity index (χ0v) is 22.0. The van der Waals surface area contributed by atoms with Gasteiger partial charge in [-0.15, -0.1) is 0 Å². The average Bonchev–Trinajstić information content (AvgIpc) is 2.78. The molecule has 0 amide bonds. The zero-order chi connectivity index (χ0) is 22.5. The van der Waals surface area contributed by atoms with Crippen LogP contribution in [0.2, 0.25) is 0 Å². The van der Waals surface area contributed by atoms with Gasteiger partial charge in [-0.05, 0) is 92.9 Å². The van der Waals surface area contributed by atoms with Gasteiger partial charge in [0.1, 0.15) is 0 Å². The monoisotopic (exact) mass is 438 g/mol. The Kier molecular flexibility index (Phi) is 12.5. The number of rotatable bonds is 15. The summed E-state index contributed by atoms with van der Waals surface area (Å²) in [6.45, 7) is 11.6. The van der Waals surface area contributed by atoms with Crippen molar-refractivity contribution < 1.29 is 0 Å². The number of aryl methyl sites for hydroxylation is 2. The van der Waals surface area contributed by atoms with Crippen molar-refractivity contribution in [1.82, 2.24) is 0 Å². The van der Waals surface area contributed by atoms with E-state index in [0.717, 1.165) is 0 Å². The van der Waals surface area contributed by atoms with Gasteiger partial charge in [-0.3, -0.25) is 0 Å². The van der Waals surface area contributed by atoms with Gasteiger partial charge in [-0.2, -0.15) is 0 Å². The molecule has 172 valence electrons. The molecule has 0 aliphatic rings. The summed E-state index contributed by atoms with van der Waals surface area (Å²) in [7, 11) is -0.281. The molecule has 1 heteroatoms. The van der Waals surface area contributed by atoms with Gasteiger partial charge in [0.25, 0.3) is 0 Å². The Balaban J connectivity index is 2.38. The van der Waals surface area contributed by atoms with Crippen molar-refractivity contribution in [2.75, 3.05) is 6.16 Å². The summed E-state index contributed by atoms with van der Waals surface area (Å²) in [5.41, 5.74) is 6.31. The van der Waals surface area contributed by atoms with Crippen molar-refractivity contribution in [2.45, 2.75) is 112 Å². The van der Waals surface area contributed by atoms with Crippen LogP contribution >= 0.6 is 7.92 Å². The molecule has 2 aromatic carbocycles. The van der Waals surface area contributed by atoms with Crippen LogP contribution in [0.4, 0.5) is 0 Å². The van der Waals surface area contributed by atoms with Crippen LogP contribution in [0.3, 0.4) is 0 Å². The fraction of sp³-hybridized carbons (Fsp3) is 0.600. The maximum absolute atomic E-state index is 2.49. The van der Waals surface area contributed by atoms with Crippen molar-refractivity contribution in [1.29, 1.82) is 0 Å². The van der Waals surface area contributed by atoms with Crippen molar-refractivity contribution in [3.8, 4) is 0 Å². The van der Waals surface area contributed by atoms with E-state index >= 15 is 0 Å². The molecule has 0 fully saturated rings. The molecule has 0 radical (unpaired) electrons. The molecule has 0 bridgehead atoms. The van der Waals surface area contributed by atoms with E-state index in [1.807, 2.05) is 0 Å². The Morgan fingerprint density at radius 3 is 1.97 bits per heavy atom. The lowest BCUT2D eigenvalue weighted by Crippen LogP contribution is -2.22. The second kappa shape index (κ2) is 14.8. The SMILES string of the molecule is CCCCCCCCP(c1cccc(C)c1C)c1cccc(CCCC)c1CCCC. The second-order valence-electron chi connectivity index (χ2n) is 9.26. The third kappa shape index (κ3) is 8.05. The van der Waals surface area contributed by atoms with Gasteiger partial charge in [0.05, 0.1) is 0 Å². The number of hydrogen-bond acceptors (Lipinski definition) is 0. The molecule has 0 saturated carbocycles. The first-order valence-electron chi connectivity index (χ1n) is 13.1. The van der Waals surface area contributed by atoms with E-state index in [2.05, 4.69) is 71.0 Å². The quantitative estimate of drug-likeness (QED) is 0.192. The third-order valence-electron chi connectivity index (χ3n) is 6.72. The maximum Gasteiger partial charge on any atom is -0.0160 e. The van der Waals surface area contributed by atoms with Crippen molar-refractivity contribution >= 4 is 18.5 Å². The number of unbranched alkanes of at least 4 members (excludes halogenated alkanes) is 7. The Labute approximate surface area is 195 Å². The highest BCUT2D eigenvalue weighted by atomic mass is 31.1. The molecule has 31 heavy (non-hydrogen) atoms. The first kappa shape index (κ1) is 26.1. The summed E-state index contributed by atoms with van der Waals surface area (Å²) < 4.78 is 0. The fourth-order valence-corrected chi connectivity index (χ4v) is 7.54. The zero-order valence-electron chi connectivity index (χ0n) is 21.1. The van der Waals surface area contributed by atoms with E-state index in [4.69, 9.17) is 0 Å². The minimum absolute atomic E-state index is 0.281. The Morgan fingerprint density at radius 2 is 1.23 bits per heavy atom. The lowest BCUT2D eigenvalue weighted by atomic mass is 9.98. The van der Waals surface area contributed by atoms with Gasteiger partial charge >= 0.3 is 0 Å². The summed E-state index contributed by atoms with van der Waals surface area (Å²) in [5, 5.41) is 3.33. The van der Waals surface area contributed by atoms with Crippen molar-refractivity contribution in [3.05, 3.63) is 58.7 Å². The minimum Gasteiger partial charge on any atom is -0.0654 e. The van der Waals surface area contributed by atoms with Crippen molar-refractivity contribution in [3.63, 3.8) is 0 Å². The van der Waals surface area contributed by atoms with Gasteiger partial charge in [0, 0.05) is 0 Å². The molecule has 0 aromatic heterocycles. The molecule has 2 rings (SSSR count). The second-order valence-corrected chi connectivity index (χ2v) is 11.5. The summed E-state index contributed by atoms with van der Waals surface area (Å²) in [5.74, 6) is 0. The van der Waals surface area contributed by atoms with E-state index in [9.17, 15) is 0 Å². The Bertz CT molecular complexity index is 761.